The fourth-order valence-electron chi connectivity index (χ4n) is 2.09. The van der Waals surface area contributed by atoms with Crippen LogP contribution in [-0.4, -0.2) is 22.2 Å². The van der Waals surface area contributed by atoms with Crippen LogP contribution < -0.4 is 5.32 Å². The molecule has 3 aromatic rings. The van der Waals surface area contributed by atoms with Crippen molar-refractivity contribution in [1.82, 2.24) is 20.5 Å². The van der Waals surface area contributed by atoms with Gasteiger partial charge < -0.3 is 9.73 Å². The zero-order chi connectivity index (χ0) is 12.5. The third-order valence-electron chi connectivity index (χ3n) is 2.97. The van der Waals surface area contributed by atoms with Gasteiger partial charge in [-0.1, -0.05) is 11.6 Å². The highest BCUT2D eigenvalue weighted by Gasteiger charge is 2.19. The highest BCUT2D eigenvalue weighted by molar-refractivity contribution is 5.78. The predicted molar refractivity (Wildman–Crippen MR) is 68.2 cm³/mol. The fourth-order valence-corrected chi connectivity index (χ4v) is 2.09. The molecule has 0 spiro atoms. The Bertz CT molecular complexity index is 657. The molecule has 1 unspecified atom stereocenters. The maximum atomic E-state index is 5.85. The van der Waals surface area contributed by atoms with Crippen LogP contribution in [0.25, 0.3) is 11.0 Å². The van der Waals surface area contributed by atoms with Gasteiger partial charge >= 0.3 is 0 Å². The lowest BCUT2D eigenvalue weighted by Gasteiger charge is -2.09. The molecule has 92 valence electrons. The molecule has 0 aliphatic rings. The van der Waals surface area contributed by atoms with Crippen molar-refractivity contribution in [1.29, 1.82) is 0 Å². The largest absolute Gasteiger partial charge is 0.459 e. The van der Waals surface area contributed by atoms with Crippen LogP contribution in [0.3, 0.4) is 0 Å². The summed E-state index contributed by atoms with van der Waals surface area (Å²) in [6.07, 6.45) is 1.49. The van der Waals surface area contributed by atoms with E-state index in [2.05, 4.69) is 33.5 Å². The summed E-state index contributed by atoms with van der Waals surface area (Å²) in [5, 5.41) is 11.0. The summed E-state index contributed by atoms with van der Waals surface area (Å²) in [4.78, 5) is 4.16. The summed E-state index contributed by atoms with van der Waals surface area (Å²) in [6.45, 7) is 2.07. The summed E-state index contributed by atoms with van der Waals surface area (Å²) in [5.74, 6) is 1.57. The Morgan fingerprint density at radius 2 is 2.22 bits per heavy atom. The summed E-state index contributed by atoms with van der Waals surface area (Å²) >= 11 is 0. The standard InChI is InChI=1S/C13H14N4O/c1-8-3-4-10-9(5-8)6-11(18-10)12(14-2)13-15-7-16-17-13/h3-7,12,14H,1-2H3,(H,15,16,17). The van der Waals surface area contributed by atoms with Crippen molar-refractivity contribution in [3.05, 3.63) is 47.7 Å². The molecule has 18 heavy (non-hydrogen) atoms. The summed E-state index contributed by atoms with van der Waals surface area (Å²) in [7, 11) is 1.87. The summed E-state index contributed by atoms with van der Waals surface area (Å²) in [6, 6.07) is 8.06. The van der Waals surface area contributed by atoms with Crippen molar-refractivity contribution in [2.45, 2.75) is 13.0 Å². The van der Waals surface area contributed by atoms with Gasteiger partial charge in [0.25, 0.3) is 0 Å². The Morgan fingerprint density at radius 1 is 1.33 bits per heavy atom. The van der Waals surface area contributed by atoms with E-state index in [0.29, 0.717) is 0 Å². The molecule has 5 nitrogen and oxygen atoms in total. The Labute approximate surface area is 104 Å². The molecule has 2 aromatic heterocycles. The first kappa shape index (κ1) is 11.0. The van der Waals surface area contributed by atoms with Crippen molar-refractivity contribution in [2.24, 2.45) is 0 Å². The molecule has 0 amide bonds. The fraction of sp³-hybridized carbons (Fsp3) is 0.231. The Hall–Kier alpha value is -2.14. The molecule has 0 aliphatic heterocycles. The second-order valence-corrected chi connectivity index (χ2v) is 4.28. The first-order chi connectivity index (χ1) is 8.78. The number of aromatic amines is 1. The normalized spacial score (nSPS) is 13.0. The molecule has 0 fully saturated rings. The van der Waals surface area contributed by atoms with Crippen molar-refractivity contribution < 1.29 is 4.42 Å². The van der Waals surface area contributed by atoms with E-state index in [1.807, 2.05) is 25.2 Å². The number of aromatic nitrogens is 3. The number of rotatable bonds is 3. The number of furan rings is 1. The van der Waals surface area contributed by atoms with Crippen LogP contribution in [0.15, 0.2) is 35.0 Å². The van der Waals surface area contributed by atoms with Crippen molar-refractivity contribution in [3.8, 4) is 0 Å². The van der Waals surface area contributed by atoms with E-state index in [1.54, 1.807) is 0 Å². The van der Waals surface area contributed by atoms with E-state index in [0.717, 1.165) is 22.6 Å². The molecule has 1 atom stereocenters. The zero-order valence-corrected chi connectivity index (χ0v) is 10.3. The third-order valence-corrected chi connectivity index (χ3v) is 2.97. The van der Waals surface area contributed by atoms with Gasteiger partial charge in [0.15, 0.2) is 0 Å². The van der Waals surface area contributed by atoms with Crippen LogP contribution in [-0.2, 0) is 0 Å². The summed E-state index contributed by atoms with van der Waals surface area (Å²) < 4.78 is 5.85. The average molecular weight is 242 g/mol. The van der Waals surface area contributed by atoms with Crippen LogP contribution in [0.4, 0.5) is 0 Å². The van der Waals surface area contributed by atoms with E-state index in [4.69, 9.17) is 4.42 Å². The van der Waals surface area contributed by atoms with Gasteiger partial charge in [-0.3, -0.25) is 5.10 Å². The van der Waals surface area contributed by atoms with Gasteiger partial charge in [-0.15, -0.1) is 0 Å². The van der Waals surface area contributed by atoms with Crippen LogP contribution in [0.2, 0.25) is 0 Å². The zero-order valence-electron chi connectivity index (χ0n) is 10.3. The smallest absolute Gasteiger partial charge is 0.149 e. The van der Waals surface area contributed by atoms with Gasteiger partial charge in [-0.2, -0.15) is 5.10 Å². The molecule has 2 heterocycles. The monoisotopic (exact) mass is 242 g/mol. The van der Waals surface area contributed by atoms with Gasteiger partial charge in [0.2, 0.25) is 0 Å². The molecule has 2 N–H and O–H groups in total. The van der Waals surface area contributed by atoms with E-state index in [1.165, 1.54) is 11.9 Å². The van der Waals surface area contributed by atoms with E-state index < -0.39 is 0 Å². The van der Waals surface area contributed by atoms with E-state index in [-0.39, 0.29) is 6.04 Å². The molecule has 5 heteroatoms. The number of fused-ring (bicyclic) bond motifs is 1. The molecule has 3 rings (SSSR count). The molecular formula is C13H14N4O. The van der Waals surface area contributed by atoms with Gasteiger partial charge in [0, 0.05) is 5.39 Å². The quantitative estimate of drug-likeness (QED) is 0.738. The lowest BCUT2D eigenvalue weighted by molar-refractivity contribution is 0.479. The highest BCUT2D eigenvalue weighted by atomic mass is 16.3. The Kier molecular flexibility index (Phi) is 2.60. The van der Waals surface area contributed by atoms with E-state index in [9.17, 15) is 0 Å². The lowest BCUT2D eigenvalue weighted by atomic mass is 10.1. The average Bonchev–Trinajstić information content (AvgIpc) is 2.98. The summed E-state index contributed by atoms with van der Waals surface area (Å²) in [5.41, 5.74) is 2.10. The van der Waals surface area contributed by atoms with Gasteiger partial charge in [-0.05, 0) is 32.2 Å². The van der Waals surface area contributed by atoms with E-state index >= 15 is 0 Å². The lowest BCUT2D eigenvalue weighted by Crippen LogP contribution is -2.18. The second-order valence-electron chi connectivity index (χ2n) is 4.28. The predicted octanol–water partition coefficient (Wildman–Crippen LogP) is 2.17. The number of hydrogen-bond acceptors (Lipinski definition) is 4. The minimum Gasteiger partial charge on any atom is -0.459 e. The van der Waals surface area contributed by atoms with Crippen molar-refractivity contribution in [2.75, 3.05) is 7.05 Å². The number of nitrogens with one attached hydrogen (secondary N) is 2. The van der Waals surface area contributed by atoms with Crippen LogP contribution >= 0.6 is 0 Å². The molecule has 0 saturated heterocycles. The maximum Gasteiger partial charge on any atom is 0.149 e. The number of aryl methyl sites for hydroxylation is 1. The third kappa shape index (κ3) is 1.78. The molecular weight excluding hydrogens is 228 g/mol. The topological polar surface area (TPSA) is 66.7 Å². The first-order valence-electron chi connectivity index (χ1n) is 5.80. The van der Waals surface area contributed by atoms with Crippen molar-refractivity contribution in [3.63, 3.8) is 0 Å². The molecule has 0 aliphatic carbocycles. The van der Waals surface area contributed by atoms with Gasteiger partial charge in [-0.25, -0.2) is 4.98 Å². The molecule has 0 bridgehead atoms. The number of benzene rings is 1. The minimum atomic E-state index is -0.111. The Morgan fingerprint density at radius 3 is 2.94 bits per heavy atom. The number of nitrogens with zero attached hydrogens (tertiary/aromatic N) is 2. The first-order valence-corrected chi connectivity index (χ1v) is 5.80. The highest BCUT2D eigenvalue weighted by Crippen LogP contribution is 2.26. The van der Waals surface area contributed by atoms with Gasteiger partial charge in [0.05, 0.1) is 0 Å². The van der Waals surface area contributed by atoms with Crippen LogP contribution in [0, 0.1) is 6.92 Å². The van der Waals surface area contributed by atoms with Crippen molar-refractivity contribution >= 4 is 11.0 Å². The minimum absolute atomic E-state index is 0.111. The molecule has 0 radical (unpaired) electrons. The van der Waals surface area contributed by atoms with Crippen LogP contribution in [0.5, 0.6) is 0 Å². The number of H-pyrrole nitrogens is 1. The second kappa shape index (κ2) is 4.27. The molecule has 1 aromatic carbocycles. The SMILES string of the molecule is CNC(c1ncn[nH]1)c1cc2cc(C)ccc2o1. The molecule has 0 saturated carbocycles. The van der Waals surface area contributed by atoms with Crippen LogP contribution in [0.1, 0.15) is 23.2 Å². The van der Waals surface area contributed by atoms with Gasteiger partial charge in [0.1, 0.15) is 29.5 Å². The number of hydrogen-bond donors (Lipinski definition) is 2. The maximum absolute atomic E-state index is 5.85. The Balaban J connectivity index is 2.07.